The molecule has 114 valence electrons. The van der Waals surface area contributed by atoms with Crippen molar-refractivity contribution in [3.05, 3.63) is 15.1 Å². The van der Waals surface area contributed by atoms with Gasteiger partial charge in [-0.15, -0.1) is 0 Å². The maximum absolute atomic E-state index is 12.0. The minimum atomic E-state index is -2.45. The molecule has 0 saturated carbocycles. The van der Waals surface area contributed by atoms with Gasteiger partial charge in [0, 0.05) is 20.1 Å². The van der Waals surface area contributed by atoms with Crippen LogP contribution in [0.2, 0.25) is 0 Å². The Morgan fingerprint density at radius 1 is 1.35 bits per heavy atom. The van der Waals surface area contributed by atoms with Crippen LogP contribution in [0.5, 0.6) is 0 Å². The number of hydrogen-bond donors (Lipinski definition) is 1. The topological polar surface area (TPSA) is 56.3 Å². The molecule has 0 saturated heterocycles. The number of ether oxygens (including phenoxy) is 2. The highest BCUT2D eigenvalue weighted by Gasteiger charge is 2.12. The second kappa shape index (κ2) is 9.35. The average Bonchev–Trinajstić information content (AvgIpc) is 2.40. The molecule has 0 spiro atoms. The lowest BCUT2D eigenvalue weighted by molar-refractivity contribution is 0.0182. The number of alkyl halides is 2. The second-order valence-electron chi connectivity index (χ2n) is 3.93. The van der Waals surface area contributed by atoms with E-state index in [0.717, 1.165) is 21.6 Å². The van der Waals surface area contributed by atoms with Crippen LogP contribution >= 0.6 is 22.6 Å². The Balaban J connectivity index is 2.73. The summed E-state index contributed by atoms with van der Waals surface area (Å²) in [6, 6.07) is 0. The molecule has 0 atom stereocenters. The Labute approximate surface area is 130 Å². The van der Waals surface area contributed by atoms with Crippen LogP contribution in [-0.2, 0) is 22.5 Å². The summed E-state index contributed by atoms with van der Waals surface area (Å²) in [4.78, 5) is 8.74. The summed E-state index contributed by atoms with van der Waals surface area (Å²) in [5.41, 5.74) is 0.780. The van der Waals surface area contributed by atoms with Gasteiger partial charge < -0.3 is 14.8 Å². The molecular formula is C12H18F2IN3O2. The molecule has 1 aromatic heterocycles. The number of anilines is 1. The summed E-state index contributed by atoms with van der Waals surface area (Å²) in [5, 5.41) is 3.15. The van der Waals surface area contributed by atoms with Crippen LogP contribution in [0.1, 0.15) is 18.4 Å². The van der Waals surface area contributed by atoms with Crippen molar-refractivity contribution in [3.8, 4) is 0 Å². The molecule has 20 heavy (non-hydrogen) atoms. The number of methoxy groups -OCH3 is 1. The van der Waals surface area contributed by atoms with Crippen molar-refractivity contribution in [1.82, 2.24) is 9.97 Å². The zero-order chi connectivity index (χ0) is 15.0. The summed E-state index contributed by atoms with van der Waals surface area (Å²) in [7, 11) is 1.59. The molecule has 8 heteroatoms. The maximum Gasteiger partial charge on any atom is 0.261 e. The molecule has 1 heterocycles. The number of hydrogen-bond acceptors (Lipinski definition) is 5. The molecule has 0 aliphatic carbocycles. The quantitative estimate of drug-likeness (QED) is 0.509. The zero-order valence-electron chi connectivity index (χ0n) is 11.5. The summed E-state index contributed by atoms with van der Waals surface area (Å²) in [5.74, 6) is 1.29. The highest BCUT2D eigenvalue weighted by Crippen LogP contribution is 2.20. The van der Waals surface area contributed by atoms with Gasteiger partial charge >= 0.3 is 0 Å². The molecule has 0 fully saturated rings. The lowest BCUT2D eigenvalue weighted by atomic mass is 10.3. The fourth-order valence-corrected chi connectivity index (χ4v) is 2.10. The van der Waals surface area contributed by atoms with Gasteiger partial charge in [-0.05, 0) is 29.5 Å². The lowest BCUT2D eigenvalue weighted by Gasteiger charge is -2.12. The van der Waals surface area contributed by atoms with Crippen LogP contribution in [0.4, 0.5) is 14.6 Å². The molecular weight excluding hydrogens is 383 g/mol. The Hall–Kier alpha value is -0.610. The molecule has 1 N–H and O–H groups in total. The molecule has 0 amide bonds. The first-order valence-corrected chi connectivity index (χ1v) is 7.30. The van der Waals surface area contributed by atoms with Crippen molar-refractivity contribution in [3.63, 3.8) is 0 Å². The third-order valence-electron chi connectivity index (χ3n) is 2.31. The van der Waals surface area contributed by atoms with Crippen LogP contribution in [0, 0.1) is 3.57 Å². The van der Waals surface area contributed by atoms with Crippen LogP contribution < -0.4 is 5.32 Å². The van der Waals surface area contributed by atoms with Gasteiger partial charge in [-0.2, -0.15) is 0 Å². The number of aromatic nitrogens is 2. The molecule has 0 aromatic carbocycles. The van der Waals surface area contributed by atoms with E-state index < -0.39 is 13.0 Å². The van der Waals surface area contributed by atoms with Gasteiger partial charge in [-0.3, -0.25) is 0 Å². The number of nitrogens with one attached hydrogen (secondary N) is 1. The van der Waals surface area contributed by atoms with Gasteiger partial charge in [0.1, 0.15) is 18.2 Å². The van der Waals surface area contributed by atoms with E-state index in [4.69, 9.17) is 9.47 Å². The smallest absolute Gasteiger partial charge is 0.261 e. The van der Waals surface area contributed by atoms with E-state index in [1.807, 2.05) is 6.92 Å². The summed E-state index contributed by atoms with van der Waals surface area (Å²) in [6.07, 6.45) is -2.06. The van der Waals surface area contributed by atoms with Crippen LogP contribution in [0.3, 0.4) is 0 Å². The van der Waals surface area contributed by atoms with E-state index in [2.05, 4.69) is 37.9 Å². The van der Waals surface area contributed by atoms with E-state index in [-0.39, 0.29) is 6.61 Å². The van der Waals surface area contributed by atoms with Gasteiger partial charge in [0.15, 0.2) is 0 Å². The summed E-state index contributed by atoms with van der Waals surface area (Å²) in [6.45, 7) is 2.70. The second-order valence-corrected chi connectivity index (χ2v) is 5.01. The number of rotatable bonds is 9. The van der Waals surface area contributed by atoms with E-state index >= 15 is 0 Å². The molecule has 1 aromatic rings. The summed E-state index contributed by atoms with van der Waals surface area (Å²) < 4.78 is 34.8. The highest BCUT2D eigenvalue weighted by molar-refractivity contribution is 14.1. The third kappa shape index (κ3) is 5.80. The average molecular weight is 401 g/mol. The Morgan fingerprint density at radius 3 is 2.70 bits per heavy atom. The molecule has 0 radical (unpaired) electrons. The SMILES string of the molecule is CCNc1nc(CCOCC(F)F)nc(COC)c1I. The molecule has 1 rings (SSSR count). The normalized spacial score (nSPS) is 11.1. The van der Waals surface area contributed by atoms with Crippen molar-refractivity contribution >= 4 is 28.4 Å². The van der Waals surface area contributed by atoms with Gasteiger partial charge in [-0.25, -0.2) is 18.7 Å². The predicted octanol–water partition coefficient (Wildman–Crippen LogP) is 2.48. The van der Waals surface area contributed by atoms with Crippen molar-refractivity contribution in [1.29, 1.82) is 0 Å². The van der Waals surface area contributed by atoms with E-state index in [1.54, 1.807) is 7.11 Å². The largest absolute Gasteiger partial charge is 0.378 e. The van der Waals surface area contributed by atoms with E-state index in [1.165, 1.54) is 0 Å². The Morgan fingerprint density at radius 2 is 2.10 bits per heavy atom. The van der Waals surface area contributed by atoms with E-state index in [0.29, 0.717) is 18.9 Å². The van der Waals surface area contributed by atoms with Crippen LogP contribution in [0.15, 0.2) is 0 Å². The lowest BCUT2D eigenvalue weighted by Crippen LogP contribution is -2.13. The van der Waals surface area contributed by atoms with Crippen LogP contribution in [0.25, 0.3) is 0 Å². The monoisotopic (exact) mass is 401 g/mol. The minimum absolute atomic E-state index is 0.170. The Bertz CT molecular complexity index is 395. The fraction of sp³-hybridized carbons (Fsp3) is 0.667. The first-order chi connectivity index (χ1) is 9.58. The maximum atomic E-state index is 12.0. The van der Waals surface area contributed by atoms with Gasteiger partial charge in [0.25, 0.3) is 6.43 Å². The molecule has 0 aliphatic heterocycles. The minimum Gasteiger partial charge on any atom is -0.378 e. The standard InChI is InChI=1S/C12H18F2IN3O2/c1-3-16-12-11(15)8(6-19-2)17-10(18-12)4-5-20-7-9(13)14/h9H,3-7H2,1-2H3,(H,16,17,18). The molecule has 0 aliphatic rings. The van der Waals surface area contributed by atoms with Crippen molar-refractivity contribution in [2.45, 2.75) is 26.4 Å². The van der Waals surface area contributed by atoms with Crippen LogP contribution in [-0.4, -0.2) is 43.3 Å². The van der Waals surface area contributed by atoms with Crippen molar-refractivity contribution in [2.75, 3.05) is 32.2 Å². The van der Waals surface area contributed by atoms with Crippen molar-refractivity contribution < 1.29 is 18.3 Å². The molecule has 0 unspecified atom stereocenters. The first kappa shape index (κ1) is 17.4. The van der Waals surface area contributed by atoms with E-state index in [9.17, 15) is 8.78 Å². The number of nitrogens with zero attached hydrogens (tertiary/aromatic N) is 2. The van der Waals surface area contributed by atoms with Gasteiger partial charge in [0.2, 0.25) is 0 Å². The fourth-order valence-electron chi connectivity index (χ4n) is 1.51. The predicted molar refractivity (Wildman–Crippen MR) is 80.2 cm³/mol. The van der Waals surface area contributed by atoms with Crippen molar-refractivity contribution in [2.24, 2.45) is 0 Å². The summed E-state index contributed by atoms with van der Waals surface area (Å²) >= 11 is 2.16. The zero-order valence-corrected chi connectivity index (χ0v) is 13.6. The first-order valence-electron chi connectivity index (χ1n) is 6.22. The number of halogens is 3. The Kier molecular flexibility index (Phi) is 8.15. The highest BCUT2D eigenvalue weighted by atomic mass is 127. The molecule has 5 nitrogen and oxygen atoms in total. The van der Waals surface area contributed by atoms with Gasteiger partial charge in [0.05, 0.1) is 22.5 Å². The van der Waals surface area contributed by atoms with Gasteiger partial charge in [-0.1, -0.05) is 0 Å². The third-order valence-corrected chi connectivity index (χ3v) is 3.44. The molecule has 0 bridgehead atoms.